The van der Waals surface area contributed by atoms with Crippen molar-refractivity contribution >= 4 is 5.69 Å². The van der Waals surface area contributed by atoms with E-state index in [1.54, 1.807) is 7.11 Å². The molecule has 1 aromatic heterocycles. The molecule has 0 aliphatic rings. The largest absolute Gasteiger partial charge is 0.495 e. The lowest BCUT2D eigenvalue weighted by Crippen LogP contribution is -2.01. The number of aromatic nitrogens is 2. The number of hydrogen-bond donors (Lipinski definition) is 1. The Kier molecular flexibility index (Phi) is 4.96. The van der Waals surface area contributed by atoms with Gasteiger partial charge in [-0.2, -0.15) is 4.98 Å². The summed E-state index contributed by atoms with van der Waals surface area (Å²) in [7, 11) is 1.64. The monoisotopic (exact) mass is 325 g/mol. The van der Waals surface area contributed by atoms with Crippen molar-refractivity contribution in [1.82, 2.24) is 10.1 Å². The quantitative estimate of drug-likeness (QED) is 0.713. The molecular weight excluding hydrogens is 306 g/mol. The number of para-hydroxylation sites is 2. The van der Waals surface area contributed by atoms with Crippen LogP contribution in [0.2, 0.25) is 0 Å². The van der Waals surface area contributed by atoms with E-state index in [2.05, 4.69) is 15.5 Å². The molecule has 6 heteroatoms. The summed E-state index contributed by atoms with van der Waals surface area (Å²) in [5, 5.41) is 7.25. The molecule has 3 aromatic rings. The molecule has 2 aromatic carbocycles. The first kappa shape index (κ1) is 15.9. The van der Waals surface area contributed by atoms with Crippen molar-refractivity contribution in [2.24, 2.45) is 0 Å². The SMILES string of the molecule is CCOc1ccc(-c2noc(CNc3ccccc3OC)n2)cc1. The van der Waals surface area contributed by atoms with Crippen molar-refractivity contribution < 1.29 is 14.0 Å². The molecule has 0 amide bonds. The number of nitrogens with zero attached hydrogens (tertiary/aromatic N) is 2. The molecule has 0 aliphatic heterocycles. The van der Waals surface area contributed by atoms with Crippen molar-refractivity contribution in [2.45, 2.75) is 13.5 Å². The van der Waals surface area contributed by atoms with Crippen LogP contribution >= 0.6 is 0 Å². The Balaban J connectivity index is 1.67. The lowest BCUT2D eigenvalue weighted by Gasteiger charge is -2.08. The van der Waals surface area contributed by atoms with Gasteiger partial charge in [0.1, 0.15) is 11.5 Å². The van der Waals surface area contributed by atoms with Crippen molar-refractivity contribution in [2.75, 3.05) is 19.0 Å². The molecule has 0 bridgehead atoms. The maximum atomic E-state index is 5.43. The van der Waals surface area contributed by atoms with E-state index in [-0.39, 0.29) is 0 Å². The Morgan fingerprint density at radius 2 is 1.88 bits per heavy atom. The van der Waals surface area contributed by atoms with Gasteiger partial charge in [0.05, 0.1) is 25.9 Å². The molecule has 0 atom stereocenters. The molecule has 0 unspecified atom stereocenters. The summed E-state index contributed by atoms with van der Waals surface area (Å²) in [5.74, 6) is 2.64. The third-order valence-electron chi connectivity index (χ3n) is 3.43. The van der Waals surface area contributed by atoms with Gasteiger partial charge in [0, 0.05) is 5.56 Å². The topological polar surface area (TPSA) is 69.4 Å². The molecule has 0 aliphatic carbocycles. The molecule has 0 spiro atoms. The smallest absolute Gasteiger partial charge is 0.246 e. The highest BCUT2D eigenvalue weighted by atomic mass is 16.5. The Labute approximate surface area is 140 Å². The summed E-state index contributed by atoms with van der Waals surface area (Å²) in [6.07, 6.45) is 0. The summed E-state index contributed by atoms with van der Waals surface area (Å²) < 4.78 is 16.0. The van der Waals surface area contributed by atoms with Crippen LogP contribution in [0.4, 0.5) is 5.69 Å². The number of benzene rings is 2. The van der Waals surface area contributed by atoms with E-state index in [4.69, 9.17) is 14.0 Å². The van der Waals surface area contributed by atoms with Crippen LogP contribution in [0, 0.1) is 0 Å². The third-order valence-corrected chi connectivity index (χ3v) is 3.43. The van der Waals surface area contributed by atoms with Crippen molar-refractivity contribution in [3.63, 3.8) is 0 Å². The van der Waals surface area contributed by atoms with Crippen LogP contribution < -0.4 is 14.8 Å². The molecule has 6 nitrogen and oxygen atoms in total. The molecule has 1 heterocycles. The minimum Gasteiger partial charge on any atom is -0.495 e. The molecule has 0 fully saturated rings. The number of nitrogens with one attached hydrogen (secondary N) is 1. The van der Waals surface area contributed by atoms with Crippen molar-refractivity contribution in [3.05, 3.63) is 54.4 Å². The molecule has 124 valence electrons. The molecule has 3 rings (SSSR count). The van der Waals surface area contributed by atoms with Crippen LogP contribution in [0.5, 0.6) is 11.5 Å². The average molecular weight is 325 g/mol. The Bertz CT molecular complexity index is 784. The Morgan fingerprint density at radius 3 is 2.62 bits per heavy atom. The number of ether oxygens (including phenoxy) is 2. The van der Waals surface area contributed by atoms with Gasteiger partial charge in [-0.1, -0.05) is 17.3 Å². The normalized spacial score (nSPS) is 10.4. The zero-order chi connectivity index (χ0) is 16.8. The summed E-state index contributed by atoms with van der Waals surface area (Å²) in [4.78, 5) is 4.40. The van der Waals surface area contributed by atoms with Gasteiger partial charge in [0.15, 0.2) is 0 Å². The fraction of sp³-hybridized carbons (Fsp3) is 0.222. The zero-order valence-corrected chi connectivity index (χ0v) is 13.7. The van der Waals surface area contributed by atoms with E-state index in [1.165, 1.54) is 0 Å². The highest BCUT2D eigenvalue weighted by Gasteiger charge is 2.09. The van der Waals surface area contributed by atoms with Gasteiger partial charge in [0.25, 0.3) is 0 Å². The molecule has 0 saturated heterocycles. The van der Waals surface area contributed by atoms with Gasteiger partial charge in [-0.25, -0.2) is 0 Å². The van der Waals surface area contributed by atoms with Crippen LogP contribution in [0.25, 0.3) is 11.4 Å². The van der Waals surface area contributed by atoms with Gasteiger partial charge in [-0.05, 0) is 43.3 Å². The third kappa shape index (κ3) is 3.65. The fourth-order valence-corrected chi connectivity index (χ4v) is 2.27. The van der Waals surface area contributed by atoms with E-state index in [0.29, 0.717) is 24.9 Å². The van der Waals surface area contributed by atoms with Crippen molar-refractivity contribution in [3.8, 4) is 22.9 Å². The first-order chi connectivity index (χ1) is 11.8. The molecule has 1 N–H and O–H groups in total. The predicted octanol–water partition coefficient (Wildman–Crippen LogP) is 3.76. The van der Waals surface area contributed by atoms with Crippen molar-refractivity contribution in [1.29, 1.82) is 0 Å². The molecule has 0 saturated carbocycles. The first-order valence-corrected chi connectivity index (χ1v) is 7.73. The highest BCUT2D eigenvalue weighted by molar-refractivity contribution is 5.57. The second-order valence-corrected chi connectivity index (χ2v) is 5.02. The fourth-order valence-electron chi connectivity index (χ4n) is 2.27. The van der Waals surface area contributed by atoms with Gasteiger partial charge in [-0.3, -0.25) is 0 Å². The van der Waals surface area contributed by atoms with Gasteiger partial charge >= 0.3 is 0 Å². The molecular formula is C18H19N3O3. The molecule has 0 radical (unpaired) electrons. The summed E-state index contributed by atoms with van der Waals surface area (Å²) in [5.41, 5.74) is 1.76. The van der Waals surface area contributed by atoms with Crippen LogP contribution in [0.15, 0.2) is 53.1 Å². The van der Waals surface area contributed by atoms with Gasteiger partial charge < -0.3 is 19.3 Å². The zero-order valence-electron chi connectivity index (χ0n) is 13.7. The number of methoxy groups -OCH3 is 1. The first-order valence-electron chi connectivity index (χ1n) is 7.73. The van der Waals surface area contributed by atoms with Crippen LogP contribution in [0.3, 0.4) is 0 Å². The minimum absolute atomic E-state index is 0.421. The minimum atomic E-state index is 0.421. The lowest BCUT2D eigenvalue weighted by atomic mass is 10.2. The van der Waals surface area contributed by atoms with Gasteiger partial charge in [-0.15, -0.1) is 0 Å². The Hall–Kier alpha value is -3.02. The highest BCUT2D eigenvalue weighted by Crippen LogP contribution is 2.24. The molecule has 24 heavy (non-hydrogen) atoms. The maximum Gasteiger partial charge on any atom is 0.246 e. The Morgan fingerprint density at radius 1 is 1.08 bits per heavy atom. The summed E-state index contributed by atoms with van der Waals surface area (Å²) >= 11 is 0. The summed E-state index contributed by atoms with van der Waals surface area (Å²) in [6.45, 7) is 3.01. The number of rotatable bonds is 7. The van der Waals surface area contributed by atoms with Crippen LogP contribution in [0.1, 0.15) is 12.8 Å². The van der Waals surface area contributed by atoms with Crippen LogP contribution in [-0.4, -0.2) is 23.9 Å². The number of hydrogen-bond acceptors (Lipinski definition) is 6. The number of anilines is 1. The second-order valence-electron chi connectivity index (χ2n) is 5.02. The average Bonchev–Trinajstić information content (AvgIpc) is 3.10. The predicted molar refractivity (Wildman–Crippen MR) is 91.2 cm³/mol. The van der Waals surface area contributed by atoms with Crippen LogP contribution in [-0.2, 0) is 6.54 Å². The van der Waals surface area contributed by atoms with E-state index in [1.807, 2.05) is 55.5 Å². The van der Waals surface area contributed by atoms with E-state index in [9.17, 15) is 0 Å². The second kappa shape index (κ2) is 7.50. The van der Waals surface area contributed by atoms with E-state index >= 15 is 0 Å². The standard InChI is InChI=1S/C18H19N3O3/c1-3-23-14-10-8-13(9-11-14)18-20-17(24-21-18)12-19-15-6-4-5-7-16(15)22-2/h4-11,19H,3,12H2,1-2H3. The lowest BCUT2D eigenvalue weighted by molar-refractivity contribution is 0.340. The van der Waals surface area contributed by atoms with E-state index in [0.717, 1.165) is 22.7 Å². The van der Waals surface area contributed by atoms with Gasteiger partial charge in [0.2, 0.25) is 11.7 Å². The maximum absolute atomic E-state index is 5.43. The summed E-state index contributed by atoms with van der Waals surface area (Å²) in [6, 6.07) is 15.3. The van der Waals surface area contributed by atoms with E-state index < -0.39 is 0 Å².